The SMILES string of the molecule is CCOC(=O)c1csc2ncnc(Nc3cc(Cl)ccc3C)c12. The van der Waals surface area contributed by atoms with Crippen LogP contribution >= 0.6 is 22.9 Å². The standard InChI is InChI=1S/C16H14ClN3O2S/c1-3-22-16(21)11-7-23-15-13(11)14(18-8-19-15)20-12-6-10(17)5-4-9(12)2/h4-8H,3H2,1-2H3,(H,18,19,20). The van der Waals surface area contributed by atoms with E-state index in [0.717, 1.165) is 16.1 Å². The summed E-state index contributed by atoms with van der Waals surface area (Å²) in [5, 5.41) is 6.27. The molecule has 0 radical (unpaired) electrons. The van der Waals surface area contributed by atoms with Crippen molar-refractivity contribution in [2.45, 2.75) is 13.8 Å². The number of nitrogens with one attached hydrogen (secondary N) is 1. The molecule has 3 aromatic rings. The number of esters is 1. The van der Waals surface area contributed by atoms with E-state index in [1.807, 2.05) is 25.1 Å². The highest BCUT2D eigenvalue weighted by molar-refractivity contribution is 7.17. The van der Waals surface area contributed by atoms with Gasteiger partial charge in [0, 0.05) is 16.1 Å². The zero-order valence-corrected chi connectivity index (χ0v) is 14.2. The highest BCUT2D eigenvalue weighted by Crippen LogP contribution is 2.32. The molecule has 0 saturated carbocycles. The van der Waals surface area contributed by atoms with Gasteiger partial charge in [-0.05, 0) is 31.5 Å². The molecule has 2 aromatic heterocycles. The molecular weight excluding hydrogens is 334 g/mol. The molecule has 0 aliphatic rings. The molecule has 0 fully saturated rings. The van der Waals surface area contributed by atoms with Gasteiger partial charge in [-0.1, -0.05) is 17.7 Å². The van der Waals surface area contributed by atoms with Gasteiger partial charge < -0.3 is 10.1 Å². The summed E-state index contributed by atoms with van der Waals surface area (Å²) in [7, 11) is 0. The Morgan fingerprint density at radius 1 is 1.39 bits per heavy atom. The van der Waals surface area contributed by atoms with Crippen LogP contribution in [0, 0.1) is 6.92 Å². The molecule has 0 atom stereocenters. The third-order valence-corrected chi connectivity index (χ3v) is 4.44. The zero-order valence-electron chi connectivity index (χ0n) is 12.6. The average molecular weight is 348 g/mol. The maximum absolute atomic E-state index is 12.1. The highest BCUT2D eigenvalue weighted by atomic mass is 35.5. The molecule has 0 amide bonds. The molecule has 0 unspecified atom stereocenters. The van der Waals surface area contributed by atoms with Crippen LogP contribution in [0.2, 0.25) is 5.02 Å². The molecule has 0 bridgehead atoms. The molecule has 0 spiro atoms. The van der Waals surface area contributed by atoms with Crippen LogP contribution in [0.25, 0.3) is 10.2 Å². The Bertz CT molecular complexity index is 879. The van der Waals surface area contributed by atoms with Crippen LogP contribution in [0.4, 0.5) is 11.5 Å². The number of carbonyl (C=O) groups excluding carboxylic acids is 1. The van der Waals surface area contributed by atoms with E-state index < -0.39 is 0 Å². The van der Waals surface area contributed by atoms with Crippen LogP contribution in [-0.2, 0) is 4.74 Å². The summed E-state index contributed by atoms with van der Waals surface area (Å²) in [4.78, 5) is 21.4. The number of anilines is 2. The van der Waals surface area contributed by atoms with Crippen LogP contribution < -0.4 is 5.32 Å². The fraction of sp³-hybridized carbons (Fsp3) is 0.188. The summed E-state index contributed by atoms with van der Waals surface area (Å²) < 4.78 is 5.11. The minimum absolute atomic E-state index is 0.319. The van der Waals surface area contributed by atoms with Gasteiger partial charge in [-0.2, -0.15) is 0 Å². The maximum atomic E-state index is 12.1. The van der Waals surface area contributed by atoms with Gasteiger partial charge in [0.1, 0.15) is 17.0 Å². The number of carbonyl (C=O) groups is 1. The summed E-state index contributed by atoms with van der Waals surface area (Å²) in [5.74, 6) is 0.184. The number of halogens is 1. The predicted octanol–water partition coefficient (Wildman–Crippen LogP) is 4.57. The summed E-state index contributed by atoms with van der Waals surface area (Å²) in [6.45, 7) is 4.06. The Morgan fingerprint density at radius 2 is 2.22 bits per heavy atom. The van der Waals surface area contributed by atoms with Gasteiger partial charge in [0.15, 0.2) is 0 Å². The van der Waals surface area contributed by atoms with Crippen molar-refractivity contribution in [3.05, 3.63) is 46.1 Å². The molecule has 23 heavy (non-hydrogen) atoms. The first-order chi connectivity index (χ1) is 11.1. The highest BCUT2D eigenvalue weighted by Gasteiger charge is 2.18. The minimum atomic E-state index is -0.376. The third kappa shape index (κ3) is 3.13. The number of aryl methyl sites for hydroxylation is 1. The van der Waals surface area contributed by atoms with Crippen LogP contribution in [0.15, 0.2) is 29.9 Å². The van der Waals surface area contributed by atoms with Gasteiger partial charge in [-0.15, -0.1) is 11.3 Å². The Labute approximate surface area is 142 Å². The lowest BCUT2D eigenvalue weighted by atomic mass is 10.2. The van der Waals surface area contributed by atoms with Crippen molar-refractivity contribution in [3.63, 3.8) is 0 Å². The van der Waals surface area contributed by atoms with E-state index in [4.69, 9.17) is 16.3 Å². The van der Waals surface area contributed by atoms with E-state index >= 15 is 0 Å². The second-order valence-electron chi connectivity index (χ2n) is 4.86. The molecule has 3 rings (SSSR count). The van der Waals surface area contributed by atoms with Crippen molar-refractivity contribution < 1.29 is 9.53 Å². The van der Waals surface area contributed by atoms with Crippen LogP contribution in [0.1, 0.15) is 22.8 Å². The maximum Gasteiger partial charge on any atom is 0.339 e. The average Bonchev–Trinajstić information content (AvgIpc) is 2.96. The Balaban J connectivity index is 2.08. The van der Waals surface area contributed by atoms with E-state index in [1.54, 1.807) is 12.3 Å². The lowest BCUT2D eigenvalue weighted by Gasteiger charge is -2.11. The fourth-order valence-electron chi connectivity index (χ4n) is 2.19. The number of nitrogens with zero attached hydrogens (tertiary/aromatic N) is 2. The van der Waals surface area contributed by atoms with Crippen molar-refractivity contribution in [1.82, 2.24) is 9.97 Å². The summed E-state index contributed by atoms with van der Waals surface area (Å²) in [6.07, 6.45) is 1.47. The van der Waals surface area contributed by atoms with Crippen LogP contribution in [-0.4, -0.2) is 22.5 Å². The second kappa shape index (κ2) is 6.52. The number of benzene rings is 1. The van der Waals surface area contributed by atoms with E-state index in [1.165, 1.54) is 17.7 Å². The minimum Gasteiger partial charge on any atom is -0.462 e. The molecule has 1 aromatic carbocycles. The van der Waals surface area contributed by atoms with Crippen molar-refractivity contribution in [3.8, 4) is 0 Å². The topological polar surface area (TPSA) is 64.1 Å². The molecule has 7 heteroatoms. The number of fused-ring (bicyclic) bond motifs is 1. The van der Waals surface area contributed by atoms with Gasteiger partial charge >= 0.3 is 5.97 Å². The normalized spacial score (nSPS) is 10.7. The van der Waals surface area contributed by atoms with E-state index in [9.17, 15) is 4.79 Å². The third-order valence-electron chi connectivity index (χ3n) is 3.32. The summed E-state index contributed by atoms with van der Waals surface area (Å²) in [5.41, 5.74) is 2.32. The molecule has 0 aliphatic carbocycles. The fourth-order valence-corrected chi connectivity index (χ4v) is 3.23. The Kier molecular flexibility index (Phi) is 4.45. The number of ether oxygens (including phenoxy) is 1. The van der Waals surface area contributed by atoms with Crippen molar-refractivity contribution >= 4 is 50.6 Å². The summed E-state index contributed by atoms with van der Waals surface area (Å²) >= 11 is 7.44. The predicted molar refractivity (Wildman–Crippen MR) is 92.8 cm³/mol. The van der Waals surface area contributed by atoms with Gasteiger partial charge in [-0.3, -0.25) is 0 Å². The quantitative estimate of drug-likeness (QED) is 0.700. The first kappa shape index (κ1) is 15.7. The lowest BCUT2D eigenvalue weighted by molar-refractivity contribution is 0.0529. The number of rotatable bonds is 4. The van der Waals surface area contributed by atoms with Gasteiger partial charge in [0.05, 0.1) is 17.6 Å². The zero-order chi connectivity index (χ0) is 16.4. The first-order valence-corrected chi connectivity index (χ1v) is 8.28. The number of aromatic nitrogens is 2. The lowest BCUT2D eigenvalue weighted by Crippen LogP contribution is -2.05. The molecular formula is C16H14ClN3O2S. The largest absolute Gasteiger partial charge is 0.462 e. The Morgan fingerprint density at radius 3 is 3.00 bits per heavy atom. The number of hydrogen-bond acceptors (Lipinski definition) is 6. The van der Waals surface area contributed by atoms with Crippen LogP contribution in [0.5, 0.6) is 0 Å². The molecule has 1 N–H and O–H groups in total. The first-order valence-electron chi connectivity index (χ1n) is 7.02. The van der Waals surface area contributed by atoms with E-state index in [0.29, 0.717) is 28.4 Å². The second-order valence-corrected chi connectivity index (χ2v) is 6.15. The van der Waals surface area contributed by atoms with Gasteiger partial charge in [0.25, 0.3) is 0 Å². The molecule has 0 aliphatic heterocycles. The number of thiophene rings is 1. The van der Waals surface area contributed by atoms with Crippen molar-refractivity contribution in [2.24, 2.45) is 0 Å². The number of hydrogen-bond donors (Lipinski definition) is 1. The van der Waals surface area contributed by atoms with Crippen LogP contribution in [0.3, 0.4) is 0 Å². The molecule has 118 valence electrons. The van der Waals surface area contributed by atoms with E-state index in [2.05, 4.69) is 15.3 Å². The Hall–Kier alpha value is -2.18. The molecule has 0 saturated heterocycles. The smallest absolute Gasteiger partial charge is 0.339 e. The molecule has 2 heterocycles. The van der Waals surface area contributed by atoms with Gasteiger partial charge in [0.2, 0.25) is 0 Å². The van der Waals surface area contributed by atoms with Crippen molar-refractivity contribution in [1.29, 1.82) is 0 Å². The molecule has 5 nitrogen and oxygen atoms in total. The van der Waals surface area contributed by atoms with Crippen molar-refractivity contribution in [2.75, 3.05) is 11.9 Å². The summed E-state index contributed by atoms with van der Waals surface area (Å²) in [6, 6.07) is 5.57. The van der Waals surface area contributed by atoms with Gasteiger partial charge in [-0.25, -0.2) is 14.8 Å². The van der Waals surface area contributed by atoms with E-state index in [-0.39, 0.29) is 5.97 Å². The monoisotopic (exact) mass is 347 g/mol.